The molecule has 0 fully saturated rings. The van der Waals surface area contributed by atoms with Crippen LogP contribution in [0, 0.1) is 6.92 Å². The summed E-state index contributed by atoms with van der Waals surface area (Å²) >= 11 is 0. The topological polar surface area (TPSA) is 75.3 Å². The number of sulfonamides is 1. The van der Waals surface area contributed by atoms with Crippen molar-refractivity contribution in [3.8, 4) is 0 Å². The van der Waals surface area contributed by atoms with E-state index in [0.29, 0.717) is 11.3 Å². The number of nitrogens with one attached hydrogen (secondary N) is 2. The van der Waals surface area contributed by atoms with Gasteiger partial charge in [-0.1, -0.05) is 19.4 Å². The maximum Gasteiger partial charge on any atom is 0.251 e. The summed E-state index contributed by atoms with van der Waals surface area (Å²) in [4.78, 5) is 12.1. The molecule has 1 rings (SSSR count). The Kier molecular flexibility index (Phi) is 5.56. The monoisotopic (exact) mass is 298 g/mol. The van der Waals surface area contributed by atoms with Gasteiger partial charge in [0.05, 0.1) is 11.9 Å². The zero-order chi connectivity index (χ0) is 15.3. The van der Waals surface area contributed by atoms with Crippen LogP contribution < -0.4 is 10.0 Å². The molecule has 20 heavy (non-hydrogen) atoms. The van der Waals surface area contributed by atoms with Crippen molar-refractivity contribution in [2.45, 2.75) is 39.7 Å². The van der Waals surface area contributed by atoms with Gasteiger partial charge in [0.25, 0.3) is 5.91 Å². The Labute approximate surface area is 120 Å². The summed E-state index contributed by atoms with van der Waals surface area (Å²) in [6.45, 7) is 5.79. The second-order valence-electron chi connectivity index (χ2n) is 5.07. The minimum atomic E-state index is -3.36. The van der Waals surface area contributed by atoms with Crippen LogP contribution in [-0.2, 0) is 10.0 Å². The SMILES string of the molecule is CCC[C@@H](C)NC(=O)c1ccc(C)c(NS(C)(=O)=O)c1. The van der Waals surface area contributed by atoms with Gasteiger partial charge < -0.3 is 5.32 Å². The van der Waals surface area contributed by atoms with Crippen LogP contribution in [0.5, 0.6) is 0 Å². The maximum absolute atomic E-state index is 12.1. The molecule has 0 aliphatic carbocycles. The van der Waals surface area contributed by atoms with Crippen LogP contribution in [-0.4, -0.2) is 26.6 Å². The fourth-order valence-electron chi connectivity index (χ4n) is 1.89. The van der Waals surface area contributed by atoms with Crippen molar-refractivity contribution in [3.63, 3.8) is 0 Å². The van der Waals surface area contributed by atoms with Crippen molar-refractivity contribution < 1.29 is 13.2 Å². The number of aryl methyl sites for hydroxylation is 1. The third-order valence-corrected chi connectivity index (χ3v) is 3.48. The second-order valence-corrected chi connectivity index (χ2v) is 6.82. The van der Waals surface area contributed by atoms with Crippen molar-refractivity contribution in [1.82, 2.24) is 5.32 Å². The lowest BCUT2D eigenvalue weighted by molar-refractivity contribution is 0.0938. The van der Waals surface area contributed by atoms with Crippen LogP contribution in [0.4, 0.5) is 5.69 Å². The van der Waals surface area contributed by atoms with Gasteiger partial charge in [-0.05, 0) is 38.0 Å². The normalized spacial score (nSPS) is 12.8. The molecule has 0 unspecified atom stereocenters. The van der Waals surface area contributed by atoms with E-state index >= 15 is 0 Å². The zero-order valence-electron chi connectivity index (χ0n) is 12.4. The summed E-state index contributed by atoms with van der Waals surface area (Å²) in [6.07, 6.45) is 2.99. The number of amides is 1. The largest absolute Gasteiger partial charge is 0.350 e. The maximum atomic E-state index is 12.1. The van der Waals surface area contributed by atoms with E-state index in [-0.39, 0.29) is 11.9 Å². The van der Waals surface area contributed by atoms with Crippen molar-refractivity contribution >= 4 is 21.6 Å². The van der Waals surface area contributed by atoms with Crippen LogP contribution >= 0.6 is 0 Å². The van der Waals surface area contributed by atoms with E-state index < -0.39 is 10.0 Å². The summed E-state index contributed by atoms with van der Waals surface area (Å²) in [5, 5.41) is 2.89. The highest BCUT2D eigenvalue weighted by atomic mass is 32.2. The molecule has 5 nitrogen and oxygen atoms in total. The second kappa shape index (κ2) is 6.74. The molecule has 0 radical (unpaired) electrons. The van der Waals surface area contributed by atoms with Crippen LogP contribution in [0.25, 0.3) is 0 Å². The van der Waals surface area contributed by atoms with E-state index in [2.05, 4.69) is 17.0 Å². The summed E-state index contributed by atoms with van der Waals surface area (Å²) in [6, 6.07) is 5.08. The molecule has 0 bridgehead atoms. The summed E-state index contributed by atoms with van der Waals surface area (Å²) in [5.41, 5.74) is 1.65. The minimum absolute atomic E-state index is 0.0973. The van der Waals surface area contributed by atoms with Gasteiger partial charge in [0.1, 0.15) is 0 Å². The molecule has 1 amide bonds. The Balaban J connectivity index is 2.92. The van der Waals surface area contributed by atoms with Gasteiger partial charge in [-0.2, -0.15) is 0 Å². The Bertz CT molecular complexity index is 582. The quantitative estimate of drug-likeness (QED) is 0.846. The molecule has 2 N–H and O–H groups in total. The molecule has 0 spiro atoms. The number of anilines is 1. The average molecular weight is 298 g/mol. The molecule has 0 saturated heterocycles. The summed E-state index contributed by atoms with van der Waals surface area (Å²) < 4.78 is 25.0. The highest BCUT2D eigenvalue weighted by Gasteiger charge is 2.12. The first-order valence-electron chi connectivity index (χ1n) is 6.62. The van der Waals surface area contributed by atoms with Crippen molar-refractivity contribution in [2.75, 3.05) is 11.0 Å². The summed E-state index contributed by atoms with van der Waals surface area (Å²) in [5.74, 6) is -0.192. The van der Waals surface area contributed by atoms with Gasteiger partial charge >= 0.3 is 0 Å². The number of carbonyl (C=O) groups excluding carboxylic acids is 1. The van der Waals surface area contributed by atoms with Crippen molar-refractivity contribution in [2.24, 2.45) is 0 Å². The van der Waals surface area contributed by atoms with Crippen molar-refractivity contribution in [1.29, 1.82) is 0 Å². The third kappa shape index (κ3) is 5.21. The fraction of sp³-hybridized carbons (Fsp3) is 0.500. The first-order valence-corrected chi connectivity index (χ1v) is 8.51. The number of hydrogen-bond acceptors (Lipinski definition) is 3. The van der Waals surface area contributed by atoms with Crippen LogP contribution in [0.2, 0.25) is 0 Å². The molecule has 112 valence electrons. The van der Waals surface area contributed by atoms with E-state index in [1.165, 1.54) is 0 Å². The molecule has 0 aromatic heterocycles. The number of benzene rings is 1. The molecule has 6 heteroatoms. The fourth-order valence-corrected chi connectivity index (χ4v) is 2.50. The highest BCUT2D eigenvalue weighted by Crippen LogP contribution is 2.18. The van der Waals surface area contributed by atoms with E-state index in [1.807, 2.05) is 6.92 Å². The van der Waals surface area contributed by atoms with Crippen LogP contribution in [0.15, 0.2) is 18.2 Å². The molecule has 0 aliphatic rings. The zero-order valence-corrected chi connectivity index (χ0v) is 13.2. The molecule has 0 heterocycles. The van der Waals surface area contributed by atoms with Gasteiger partial charge in [0, 0.05) is 11.6 Å². The van der Waals surface area contributed by atoms with E-state index in [1.54, 1.807) is 25.1 Å². The standard InChI is InChI=1S/C14H22N2O3S/c1-5-6-11(3)15-14(17)12-8-7-10(2)13(9-12)16-20(4,18)19/h7-9,11,16H,5-6H2,1-4H3,(H,15,17)/t11-/m1/s1. The smallest absolute Gasteiger partial charge is 0.251 e. The number of rotatable bonds is 6. The van der Waals surface area contributed by atoms with E-state index in [4.69, 9.17) is 0 Å². The lowest BCUT2D eigenvalue weighted by atomic mass is 10.1. The third-order valence-electron chi connectivity index (χ3n) is 2.89. The Morgan fingerprint density at radius 3 is 2.55 bits per heavy atom. The van der Waals surface area contributed by atoms with Gasteiger partial charge in [-0.25, -0.2) is 8.42 Å². The van der Waals surface area contributed by atoms with Gasteiger partial charge in [-0.15, -0.1) is 0 Å². The number of hydrogen-bond donors (Lipinski definition) is 2. The molecular weight excluding hydrogens is 276 g/mol. The Morgan fingerprint density at radius 1 is 1.35 bits per heavy atom. The lowest BCUT2D eigenvalue weighted by Gasteiger charge is -2.14. The average Bonchev–Trinajstić information content (AvgIpc) is 2.30. The summed E-state index contributed by atoms with van der Waals surface area (Å²) in [7, 11) is -3.36. The first-order chi connectivity index (χ1) is 9.23. The Hall–Kier alpha value is -1.56. The molecule has 1 aromatic carbocycles. The first kappa shape index (κ1) is 16.5. The molecule has 0 aliphatic heterocycles. The molecule has 1 atom stereocenters. The van der Waals surface area contributed by atoms with E-state index in [0.717, 1.165) is 24.7 Å². The Morgan fingerprint density at radius 2 is 2.00 bits per heavy atom. The molecule has 0 saturated carbocycles. The predicted molar refractivity (Wildman–Crippen MR) is 81.5 cm³/mol. The van der Waals surface area contributed by atoms with Gasteiger partial charge in [0.15, 0.2) is 0 Å². The molecular formula is C14H22N2O3S. The van der Waals surface area contributed by atoms with Crippen molar-refractivity contribution in [3.05, 3.63) is 29.3 Å². The van der Waals surface area contributed by atoms with Crippen LogP contribution in [0.1, 0.15) is 42.6 Å². The van der Waals surface area contributed by atoms with Gasteiger partial charge in [0.2, 0.25) is 10.0 Å². The van der Waals surface area contributed by atoms with Gasteiger partial charge in [-0.3, -0.25) is 9.52 Å². The predicted octanol–water partition coefficient (Wildman–Crippen LogP) is 2.28. The number of carbonyl (C=O) groups is 1. The highest BCUT2D eigenvalue weighted by molar-refractivity contribution is 7.92. The minimum Gasteiger partial charge on any atom is -0.350 e. The van der Waals surface area contributed by atoms with E-state index in [9.17, 15) is 13.2 Å². The van der Waals surface area contributed by atoms with Crippen LogP contribution in [0.3, 0.4) is 0 Å². The lowest BCUT2D eigenvalue weighted by Crippen LogP contribution is -2.32. The molecule has 1 aromatic rings.